The second kappa shape index (κ2) is 5.54. The van der Waals surface area contributed by atoms with Gasteiger partial charge in [0.1, 0.15) is 7.59 Å². The summed E-state index contributed by atoms with van der Waals surface area (Å²) in [6, 6.07) is 1.18. The van der Waals surface area contributed by atoms with Crippen molar-refractivity contribution in [2.75, 3.05) is 0 Å². The summed E-state index contributed by atoms with van der Waals surface area (Å²) in [4.78, 5) is 11.6. The molecule has 0 spiro atoms. The molecule has 1 aliphatic heterocycles. The molecule has 0 aromatic rings. The van der Waals surface area contributed by atoms with Gasteiger partial charge < -0.3 is 9.16 Å². The van der Waals surface area contributed by atoms with Gasteiger partial charge in [-0.05, 0) is 39.8 Å². The van der Waals surface area contributed by atoms with Crippen LogP contribution in [0.5, 0.6) is 0 Å². The van der Waals surface area contributed by atoms with E-state index in [0.717, 1.165) is 12.8 Å². The number of esters is 1. The maximum Gasteiger partial charge on any atom is 0.330 e. The molecule has 1 heterocycles. The Balaban J connectivity index is 3.00. The van der Waals surface area contributed by atoms with Crippen molar-refractivity contribution < 1.29 is 14.0 Å². The van der Waals surface area contributed by atoms with Gasteiger partial charge in [-0.15, -0.1) is 0 Å². The third-order valence-electron chi connectivity index (χ3n) is 4.66. The molecule has 0 radical (unpaired) electrons. The molecule has 2 atom stereocenters. The van der Waals surface area contributed by atoms with E-state index in [1.54, 1.807) is 0 Å². The molecule has 1 aliphatic rings. The van der Waals surface area contributed by atoms with Gasteiger partial charge in [-0.2, -0.15) is 0 Å². The molecule has 5 heteroatoms. The highest BCUT2D eigenvalue weighted by Gasteiger charge is 2.57. The number of ether oxygens (including phenoxy) is 1. The van der Waals surface area contributed by atoms with Crippen molar-refractivity contribution in [2.45, 2.75) is 70.6 Å². The van der Waals surface area contributed by atoms with E-state index in [1.165, 1.54) is 12.1 Å². The maximum absolute atomic E-state index is 11.6. The lowest BCUT2D eigenvalue weighted by Gasteiger charge is -2.53. The van der Waals surface area contributed by atoms with Crippen molar-refractivity contribution in [3.05, 3.63) is 12.7 Å². The van der Waals surface area contributed by atoms with Crippen LogP contribution in [-0.4, -0.2) is 32.7 Å². The molecular weight excluding hydrogens is 272 g/mol. The van der Waals surface area contributed by atoms with E-state index in [4.69, 9.17) is 9.16 Å². The largest absolute Gasteiger partial charge is 0.463 e. The van der Waals surface area contributed by atoms with Gasteiger partial charge in [0.15, 0.2) is 7.83 Å². The molecule has 0 aromatic heterocycles. The second-order valence-electron chi connectivity index (χ2n) is 6.83. The van der Waals surface area contributed by atoms with Gasteiger partial charge >= 0.3 is 5.97 Å². The maximum atomic E-state index is 11.6. The average Bonchev–Trinajstić information content (AvgIpc) is 2.29. The van der Waals surface area contributed by atoms with Crippen LogP contribution >= 0.6 is 0 Å². The normalized spacial score (nSPS) is 30.4. The standard InChI is InChI=1S/C14H28O3Si2/c1-8-12(15)16-13(9-2)19(7)11-10-14(3,4)17-18(19,5)6/h8,13H,1,9-11H2,2-7H3. The fraction of sp³-hybridized carbons (Fsp3) is 0.786. The first-order chi connectivity index (χ1) is 8.58. The molecule has 0 bridgehead atoms. The Hall–Kier alpha value is -0.396. The fourth-order valence-electron chi connectivity index (χ4n) is 3.12. The Morgan fingerprint density at radius 2 is 2.05 bits per heavy atom. The van der Waals surface area contributed by atoms with Gasteiger partial charge in [0.2, 0.25) is 0 Å². The number of carbonyl (C=O) groups is 1. The van der Waals surface area contributed by atoms with Crippen LogP contribution in [-0.2, 0) is 14.0 Å². The minimum Gasteiger partial charge on any atom is -0.463 e. The lowest BCUT2D eigenvalue weighted by Crippen LogP contribution is -2.71. The van der Waals surface area contributed by atoms with Gasteiger partial charge in [0.25, 0.3) is 0 Å². The van der Waals surface area contributed by atoms with Crippen LogP contribution < -0.4 is 0 Å². The Labute approximate surface area is 119 Å². The number of hydrogen-bond acceptors (Lipinski definition) is 3. The molecule has 3 nitrogen and oxygen atoms in total. The minimum absolute atomic E-state index is 0.0248. The van der Waals surface area contributed by atoms with E-state index in [9.17, 15) is 4.79 Å². The predicted octanol–water partition coefficient (Wildman–Crippen LogP) is 3.59. The van der Waals surface area contributed by atoms with Crippen molar-refractivity contribution in [3.63, 3.8) is 0 Å². The summed E-state index contributed by atoms with van der Waals surface area (Å²) >= 11 is 0. The van der Waals surface area contributed by atoms with Gasteiger partial charge in [-0.25, -0.2) is 4.79 Å². The van der Waals surface area contributed by atoms with Crippen LogP contribution in [0.15, 0.2) is 12.7 Å². The summed E-state index contributed by atoms with van der Waals surface area (Å²) in [5.74, 6) is -0.296. The molecule has 1 rings (SSSR count). The highest BCUT2D eigenvalue weighted by molar-refractivity contribution is 7.39. The third kappa shape index (κ3) is 3.38. The number of hydrogen-bond donors (Lipinski definition) is 0. The van der Waals surface area contributed by atoms with Crippen molar-refractivity contribution in [3.8, 4) is 0 Å². The minimum atomic E-state index is -1.82. The van der Waals surface area contributed by atoms with Crippen molar-refractivity contribution in [2.24, 2.45) is 0 Å². The molecule has 0 aliphatic carbocycles. The predicted molar refractivity (Wildman–Crippen MR) is 84.1 cm³/mol. The molecule has 110 valence electrons. The van der Waals surface area contributed by atoms with E-state index in [1.807, 2.05) is 0 Å². The van der Waals surface area contributed by atoms with E-state index < -0.39 is 15.4 Å². The quantitative estimate of drug-likeness (QED) is 0.452. The first-order valence-electron chi connectivity index (χ1n) is 7.11. The zero-order chi connectivity index (χ0) is 14.9. The molecule has 0 N–H and O–H groups in total. The summed E-state index contributed by atoms with van der Waals surface area (Å²) in [6.45, 7) is 16.9. The molecule has 1 saturated heterocycles. The average molecular weight is 301 g/mol. The highest BCUT2D eigenvalue weighted by atomic mass is 29.3. The van der Waals surface area contributed by atoms with E-state index in [2.05, 4.69) is 47.0 Å². The lowest BCUT2D eigenvalue weighted by molar-refractivity contribution is -0.140. The monoisotopic (exact) mass is 300 g/mol. The Morgan fingerprint density at radius 1 is 1.47 bits per heavy atom. The SMILES string of the molecule is C=CC(=O)OC(CC)[Si]1(C)CCC(C)(C)O[Si]1(C)C. The smallest absolute Gasteiger partial charge is 0.330 e. The molecule has 19 heavy (non-hydrogen) atoms. The second-order valence-corrected chi connectivity index (χ2v) is 21.1. The molecule has 0 amide bonds. The summed E-state index contributed by atoms with van der Waals surface area (Å²) in [7, 11) is -3.55. The van der Waals surface area contributed by atoms with E-state index in [0.29, 0.717) is 0 Å². The van der Waals surface area contributed by atoms with Crippen LogP contribution in [0.3, 0.4) is 0 Å². The van der Waals surface area contributed by atoms with Crippen molar-refractivity contribution >= 4 is 21.4 Å². The number of rotatable bonds is 4. The van der Waals surface area contributed by atoms with Gasteiger partial charge in [0.05, 0.1) is 11.3 Å². The molecular formula is C14H28O3Si2. The van der Waals surface area contributed by atoms with Crippen LogP contribution in [0.1, 0.15) is 33.6 Å². The van der Waals surface area contributed by atoms with Crippen molar-refractivity contribution in [1.29, 1.82) is 0 Å². The van der Waals surface area contributed by atoms with Crippen LogP contribution in [0.25, 0.3) is 0 Å². The number of carbonyl (C=O) groups excluding carboxylic acids is 1. The Morgan fingerprint density at radius 3 is 2.47 bits per heavy atom. The van der Waals surface area contributed by atoms with Crippen LogP contribution in [0, 0.1) is 0 Å². The summed E-state index contributed by atoms with van der Waals surface area (Å²) < 4.78 is 12.1. The van der Waals surface area contributed by atoms with Crippen LogP contribution in [0.2, 0.25) is 25.7 Å². The fourth-order valence-corrected chi connectivity index (χ4v) is 15.8. The topological polar surface area (TPSA) is 35.5 Å². The molecule has 2 unspecified atom stereocenters. The first kappa shape index (κ1) is 16.7. The molecule has 0 saturated carbocycles. The third-order valence-corrected chi connectivity index (χ3v) is 22.0. The van der Waals surface area contributed by atoms with E-state index >= 15 is 0 Å². The summed E-state index contributed by atoms with van der Waals surface area (Å²) in [6.07, 6.45) is 3.21. The Kier molecular flexibility index (Phi) is 4.85. The zero-order valence-electron chi connectivity index (χ0n) is 13.2. The van der Waals surface area contributed by atoms with Crippen LogP contribution in [0.4, 0.5) is 0 Å². The Bertz CT molecular complexity index is 366. The molecule has 0 aromatic carbocycles. The van der Waals surface area contributed by atoms with Crippen molar-refractivity contribution in [1.82, 2.24) is 0 Å². The molecule has 1 fully saturated rings. The summed E-state index contributed by atoms with van der Waals surface area (Å²) in [5.41, 5.74) is 0.0268. The van der Waals surface area contributed by atoms with Gasteiger partial charge in [0, 0.05) is 6.08 Å². The lowest BCUT2D eigenvalue weighted by atomic mass is 10.1. The highest BCUT2D eigenvalue weighted by Crippen LogP contribution is 2.41. The van der Waals surface area contributed by atoms with Gasteiger partial charge in [-0.3, -0.25) is 0 Å². The summed E-state index contributed by atoms with van der Waals surface area (Å²) in [5, 5.41) is 0. The van der Waals surface area contributed by atoms with E-state index in [-0.39, 0.29) is 17.3 Å². The van der Waals surface area contributed by atoms with Gasteiger partial charge in [-0.1, -0.05) is 26.1 Å². The first-order valence-corrected chi connectivity index (χ1v) is 13.8. The zero-order valence-corrected chi connectivity index (χ0v) is 15.2.